The monoisotopic (exact) mass is 428 g/mol. The fourth-order valence-corrected chi connectivity index (χ4v) is 4.84. The maximum Gasteiger partial charge on any atom is 0.389 e. The first kappa shape index (κ1) is 24.5. The van der Waals surface area contributed by atoms with Crippen LogP contribution in [0, 0.1) is 13.8 Å². The Balaban J connectivity index is 2.11. The van der Waals surface area contributed by atoms with Crippen molar-refractivity contribution < 1.29 is 22.7 Å². The number of hydrogen-bond donors (Lipinski definition) is 1. The van der Waals surface area contributed by atoms with E-state index in [-0.39, 0.29) is 24.2 Å². The summed E-state index contributed by atoms with van der Waals surface area (Å²) in [6.07, 6.45) is -3.49. The Morgan fingerprint density at radius 2 is 1.93 bits per heavy atom. The number of methoxy groups -OCH3 is 1. The summed E-state index contributed by atoms with van der Waals surface area (Å²) in [6, 6.07) is 4.68. The van der Waals surface area contributed by atoms with E-state index in [2.05, 4.69) is 50.9 Å². The van der Waals surface area contributed by atoms with Crippen molar-refractivity contribution in [2.24, 2.45) is 0 Å². The van der Waals surface area contributed by atoms with Crippen molar-refractivity contribution in [3.05, 3.63) is 28.8 Å². The first-order chi connectivity index (χ1) is 14.0. The SMILES string of the molecule is CCC1CC(NC(=O)CCC(F)(F)F)CC(C)N1C(C)c1ccc(OC)c(C)c1C. The molecule has 1 N–H and O–H groups in total. The average molecular weight is 429 g/mol. The maximum absolute atomic E-state index is 12.4. The second-order valence-corrected chi connectivity index (χ2v) is 8.49. The molecule has 1 aliphatic rings. The predicted octanol–water partition coefficient (Wildman–Crippen LogP) is 5.46. The van der Waals surface area contributed by atoms with E-state index in [9.17, 15) is 18.0 Å². The van der Waals surface area contributed by atoms with Crippen LogP contribution >= 0.6 is 0 Å². The number of halogens is 3. The van der Waals surface area contributed by atoms with E-state index in [1.807, 2.05) is 6.07 Å². The topological polar surface area (TPSA) is 41.6 Å². The van der Waals surface area contributed by atoms with Gasteiger partial charge in [-0.3, -0.25) is 9.69 Å². The molecule has 1 aromatic rings. The second-order valence-electron chi connectivity index (χ2n) is 8.49. The normalized spacial score (nSPS) is 23.8. The summed E-state index contributed by atoms with van der Waals surface area (Å²) in [4.78, 5) is 14.5. The van der Waals surface area contributed by atoms with Crippen LogP contribution in [0.2, 0.25) is 0 Å². The van der Waals surface area contributed by atoms with E-state index in [0.29, 0.717) is 0 Å². The highest BCUT2D eigenvalue weighted by Gasteiger charge is 2.37. The molecule has 1 aromatic carbocycles. The molecule has 1 aliphatic heterocycles. The number of amides is 1. The Morgan fingerprint density at radius 1 is 1.27 bits per heavy atom. The Kier molecular flexibility index (Phi) is 8.20. The molecule has 0 aliphatic carbocycles. The van der Waals surface area contributed by atoms with Crippen LogP contribution < -0.4 is 10.1 Å². The van der Waals surface area contributed by atoms with Crippen molar-refractivity contribution in [3.8, 4) is 5.75 Å². The molecule has 1 fully saturated rings. The van der Waals surface area contributed by atoms with E-state index in [1.165, 1.54) is 11.1 Å². The van der Waals surface area contributed by atoms with E-state index in [0.717, 1.165) is 30.6 Å². The fourth-order valence-electron chi connectivity index (χ4n) is 4.84. The van der Waals surface area contributed by atoms with Gasteiger partial charge in [-0.2, -0.15) is 13.2 Å². The number of hydrogen-bond acceptors (Lipinski definition) is 3. The summed E-state index contributed by atoms with van der Waals surface area (Å²) >= 11 is 0. The van der Waals surface area contributed by atoms with Gasteiger partial charge in [0.05, 0.1) is 13.5 Å². The van der Waals surface area contributed by atoms with Gasteiger partial charge in [0.25, 0.3) is 0 Å². The number of benzene rings is 1. The third-order valence-electron chi connectivity index (χ3n) is 6.48. The molecule has 1 amide bonds. The largest absolute Gasteiger partial charge is 0.496 e. The molecule has 7 heteroatoms. The zero-order valence-electron chi connectivity index (χ0n) is 18.9. The number of likely N-dealkylation sites (tertiary alicyclic amines) is 1. The van der Waals surface area contributed by atoms with Gasteiger partial charge < -0.3 is 10.1 Å². The third kappa shape index (κ3) is 5.90. The van der Waals surface area contributed by atoms with Crippen molar-refractivity contribution >= 4 is 5.91 Å². The van der Waals surface area contributed by atoms with Gasteiger partial charge in [0.1, 0.15) is 5.75 Å². The molecular formula is C23H35F3N2O2. The van der Waals surface area contributed by atoms with Crippen LogP contribution in [-0.2, 0) is 4.79 Å². The van der Waals surface area contributed by atoms with E-state index in [1.54, 1.807) is 7.11 Å². The number of nitrogens with one attached hydrogen (secondary N) is 1. The van der Waals surface area contributed by atoms with E-state index >= 15 is 0 Å². The summed E-state index contributed by atoms with van der Waals surface area (Å²) in [5.74, 6) is 0.367. The van der Waals surface area contributed by atoms with Crippen molar-refractivity contribution in [2.45, 2.75) is 97.1 Å². The van der Waals surface area contributed by atoms with Gasteiger partial charge in [-0.1, -0.05) is 13.0 Å². The Morgan fingerprint density at radius 3 is 2.50 bits per heavy atom. The molecule has 0 aromatic heterocycles. The van der Waals surface area contributed by atoms with Crippen LogP contribution in [-0.4, -0.2) is 42.2 Å². The van der Waals surface area contributed by atoms with Crippen molar-refractivity contribution in [2.75, 3.05) is 7.11 Å². The molecule has 0 radical (unpaired) electrons. The molecule has 0 spiro atoms. The number of alkyl halides is 3. The number of rotatable bonds is 7. The van der Waals surface area contributed by atoms with Gasteiger partial charge in [0.15, 0.2) is 0 Å². The van der Waals surface area contributed by atoms with Crippen LogP contribution in [0.15, 0.2) is 12.1 Å². The number of carbonyl (C=O) groups is 1. The van der Waals surface area contributed by atoms with Gasteiger partial charge in [-0.15, -0.1) is 0 Å². The lowest BCUT2D eigenvalue weighted by Crippen LogP contribution is -2.54. The smallest absolute Gasteiger partial charge is 0.389 e. The minimum Gasteiger partial charge on any atom is -0.496 e. The van der Waals surface area contributed by atoms with Crippen molar-refractivity contribution in [3.63, 3.8) is 0 Å². The lowest BCUT2D eigenvalue weighted by molar-refractivity contribution is -0.144. The lowest BCUT2D eigenvalue weighted by atomic mass is 9.86. The molecule has 4 atom stereocenters. The standard InChI is InChI=1S/C23H35F3N2O2/c1-7-19-13-18(27-22(29)10-11-23(24,25)26)12-14(2)28(19)17(5)20-8-9-21(30-6)16(4)15(20)3/h8-9,14,17-19H,7,10-13H2,1-6H3,(H,27,29). The molecule has 0 saturated carbocycles. The van der Waals surface area contributed by atoms with E-state index < -0.39 is 24.9 Å². The third-order valence-corrected chi connectivity index (χ3v) is 6.48. The highest BCUT2D eigenvalue weighted by atomic mass is 19.4. The summed E-state index contributed by atoms with van der Waals surface area (Å²) < 4.78 is 42.6. The van der Waals surface area contributed by atoms with Crippen LogP contribution in [0.25, 0.3) is 0 Å². The minimum atomic E-state index is -4.30. The molecular weight excluding hydrogens is 393 g/mol. The molecule has 4 nitrogen and oxygen atoms in total. The quantitative estimate of drug-likeness (QED) is 0.627. The predicted molar refractivity (Wildman–Crippen MR) is 113 cm³/mol. The van der Waals surface area contributed by atoms with Crippen LogP contribution in [0.5, 0.6) is 5.75 Å². The Labute approximate surface area is 178 Å². The van der Waals surface area contributed by atoms with Gasteiger partial charge in [0.2, 0.25) is 5.91 Å². The number of nitrogens with zero attached hydrogens (tertiary/aromatic N) is 1. The van der Waals surface area contributed by atoms with Crippen molar-refractivity contribution in [1.29, 1.82) is 0 Å². The van der Waals surface area contributed by atoms with Gasteiger partial charge in [-0.05, 0) is 69.7 Å². The van der Waals surface area contributed by atoms with Gasteiger partial charge >= 0.3 is 6.18 Å². The van der Waals surface area contributed by atoms with Gasteiger partial charge in [-0.25, -0.2) is 0 Å². The Hall–Kier alpha value is -1.76. The molecule has 170 valence electrons. The molecule has 2 rings (SSSR count). The second kappa shape index (κ2) is 10.0. The average Bonchev–Trinajstić information content (AvgIpc) is 2.67. The van der Waals surface area contributed by atoms with Crippen LogP contribution in [0.3, 0.4) is 0 Å². The van der Waals surface area contributed by atoms with E-state index in [4.69, 9.17) is 4.74 Å². The maximum atomic E-state index is 12.4. The molecule has 1 saturated heterocycles. The number of piperidine rings is 1. The lowest BCUT2D eigenvalue weighted by Gasteiger charge is -2.47. The summed E-state index contributed by atoms with van der Waals surface area (Å²) in [5.41, 5.74) is 3.60. The number of ether oxygens (including phenoxy) is 1. The highest BCUT2D eigenvalue weighted by molar-refractivity contribution is 5.76. The van der Waals surface area contributed by atoms with Gasteiger partial charge in [0, 0.05) is 30.6 Å². The van der Waals surface area contributed by atoms with Crippen molar-refractivity contribution in [1.82, 2.24) is 10.2 Å². The molecule has 1 heterocycles. The van der Waals surface area contributed by atoms with Crippen LogP contribution in [0.1, 0.15) is 75.6 Å². The summed E-state index contributed by atoms with van der Waals surface area (Å²) in [6.45, 7) is 10.6. The highest BCUT2D eigenvalue weighted by Crippen LogP contribution is 2.37. The first-order valence-corrected chi connectivity index (χ1v) is 10.8. The van der Waals surface area contributed by atoms with Crippen LogP contribution in [0.4, 0.5) is 13.2 Å². The molecule has 0 bridgehead atoms. The molecule has 4 unspecified atom stereocenters. The summed E-state index contributed by atoms with van der Waals surface area (Å²) in [7, 11) is 1.67. The Bertz CT molecular complexity index is 736. The molecule has 30 heavy (non-hydrogen) atoms. The number of carbonyl (C=O) groups excluding carboxylic acids is 1. The zero-order valence-corrected chi connectivity index (χ0v) is 18.9. The fraction of sp³-hybridized carbons (Fsp3) is 0.696. The minimum absolute atomic E-state index is 0.0900. The first-order valence-electron chi connectivity index (χ1n) is 10.8. The zero-order chi connectivity index (χ0) is 22.6. The summed E-state index contributed by atoms with van der Waals surface area (Å²) in [5, 5.41) is 2.84.